The SMILES string of the molecule is Cn1cc(CCNCCCF)cn1. The number of halogens is 1. The molecular weight excluding hydrogens is 169 g/mol. The zero-order valence-electron chi connectivity index (χ0n) is 7.96. The molecule has 0 bridgehead atoms. The molecule has 0 saturated heterocycles. The number of alkyl halides is 1. The lowest BCUT2D eigenvalue weighted by molar-refractivity contribution is 0.460. The molecule has 1 aromatic rings. The Morgan fingerprint density at radius 1 is 1.54 bits per heavy atom. The summed E-state index contributed by atoms with van der Waals surface area (Å²) < 4.78 is 13.5. The van der Waals surface area contributed by atoms with Gasteiger partial charge in [-0.2, -0.15) is 5.10 Å². The van der Waals surface area contributed by atoms with Gasteiger partial charge in [0.2, 0.25) is 0 Å². The van der Waals surface area contributed by atoms with Crippen molar-refractivity contribution in [1.29, 1.82) is 0 Å². The van der Waals surface area contributed by atoms with E-state index in [0.717, 1.165) is 19.5 Å². The number of nitrogens with one attached hydrogen (secondary N) is 1. The first-order chi connectivity index (χ1) is 6.33. The van der Waals surface area contributed by atoms with Crippen LogP contribution in [0.2, 0.25) is 0 Å². The summed E-state index contributed by atoms with van der Waals surface area (Å²) in [5.74, 6) is 0. The van der Waals surface area contributed by atoms with Gasteiger partial charge in [0.1, 0.15) is 0 Å². The minimum Gasteiger partial charge on any atom is -0.316 e. The molecule has 0 fully saturated rings. The van der Waals surface area contributed by atoms with Crippen molar-refractivity contribution in [2.45, 2.75) is 12.8 Å². The first kappa shape index (κ1) is 10.2. The number of rotatable bonds is 6. The van der Waals surface area contributed by atoms with E-state index in [1.54, 1.807) is 4.68 Å². The number of aromatic nitrogens is 2. The predicted molar refractivity (Wildman–Crippen MR) is 50.4 cm³/mol. The van der Waals surface area contributed by atoms with Crippen LogP contribution >= 0.6 is 0 Å². The lowest BCUT2D eigenvalue weighted by atomic mass is 10.2. The van der Waals surface area contributed by atoms with Gasteiger partial charge in [-0.1, -0.05) is 0 Å². The highest BCUT2D eigenvalue weighted by Crippen LogP contribution is 1.95. The molecule has 0 saturated carbocycles. The van der Waals surface area contributed by atoms with E-state index in [1.807, 2.05) is 19.4 Å². The van der Waals surface area contributed by atoms with Crippen molar-refractivity contribution in [1.82, 2.24) is 15.1 Å². The van der Waals surface area contributed by atoms with Crippen molar-refractivity contribution in [2.75, 3.05) is 19.8 Å². The summed E-state index contributed by atoms with van der Waals surface area (Å²) in [4.78, 5) is 0. The van der Waals surface area contributed by atoms with E-state index >= 15 is 0 Å². The van der Waals surface area contributed by atoms with Crippen LogP contribution in [0.25, 0.3) is 0 Å². The maximum Gasteiger partial charge on any atom is 0.0906 e. The van der Waals surface area contributed by atoms with E-state index in [-0.39, 0.29) is 6.67 Å². The fourth-order valence-electron chi connectivity index (χ4n) is 1.15. The third-order valence-corrected chi connectivity index (χ3v) is 1.84. The van der Waals surface area contributed by atoms with E-state index in [2.05, 4.69) is 10.4 Å². The van der Waals surface area contributed by atoms with Crippen LogP contribution in [0.5, 0.6) is 0 Å². The molecule has 0 unspecified atom stereocenters. The van der Waals surface area contributed by atoms with Gasteiger partial charge in [-0.05, 0) is 31.5 Å². The van der Waals surface area contributed by atoms with Crippen molar-refractivity contribution >= 4 is 0 Å². The molecule has 0 amide bonds. The third kappa shape index (κ3) is 4.03. The normalized spacial score (nSPS) is 10.6. The van der Waals surface area contributed by atoms with E-state index in [1.165, 1.54) is 5.56 Å². The van der Waals surface area contributed by atoms with Crippen LogP contribution in [0.15, 0.2) is 12.4 Å². The predicted octanol–water partition coefficient (Wildman–Crippen LogP) is 0.912. The minimum absolute atomic E-state index is 0.236. The van der Waals surface area contributed by atoms with Crippen LogP contribution < -0.4 is 5.32 Å². The Bertz CT molecular complexity index is 235. The molecular formula is C9H16FN3. The van der Waals surface area contributed by atoms with E-state index in [0.29, 0.717) is 6.42 Å². The van der Waals surface area contributed by atoms with Crippen molar-refractivity contribution in [3.8, 4) is 0 Å². The van der Waals surface area contributed by atoms with Gasteiger partial charge in [0.05, 0.1) is 12.9 Å². The largest absolute Gasteiger partial charge is 0.316 e. The lowest BCUT2D eigenvalue weighted by Gasteiger charge is -2.00. The van der Waals surface area contributed by atoms with Crippen LogP contribution in [0.1, 0.15) is 12.0 Å². The summed E-state index contributed by atoms with van der Waals surface area (Å²) in [6.07, 6.45) is 5.42. The molecule has 0 radical (unpaired) electrons. The zero-order chi connectivity index (χ0) is 9.52. The quantitative estimate of drug-likeness (QED) is 0.668. The molecule has 1 aromatic heterocycles. The molecule has 1 heterocycles. The zero-order valence-corrected chi connectivity index (χ0v) is 7.96. The molecule has 4 heteroatoms. The average Bonchev–Trinajstić information content (AvgIpc) is 2.51. The Morgan fingerprint density at radius 2 is 2.38 bits per heavy atom. The highest BCUT2D eigenvalue weighted by molar-refractivity contribution is 5.03. The van der Waals surface area contributed by atoms with Gasteiger partial charge in [-0.3, -0.25) is 9.07 Å². The summed E-state index contributed by atoms with van der Waals surface area (Å²) in [6, 6.07) is 0. The summed E-state index contributed by atoms with van der Waals surface area (Å²) >= 11 is 0. The second-order valence-electron chi connectivity index (χ2n) is 3.06. The Kier molecular flexibility index (Phi) is 4.46. The summed E-state index contributed by atoms with van der Waals surface area (Å²) in [5.41, 5.74) is 1.22. The number of hydrogen-bond donors (Lipinski definition) is 1. The minimum atomic E-state index is -0.236. The topological polar surface area (TPSA) is 29.9 Å². The highest BCUT2D eigenvalue weighted by Gasteiger charge is 1.94. The smallest absolute Gasteiger partial charge is 0.0906 e. The number of aryl methyl sites for hydroxylation is 1. The molecule has 0 spiro atoms. The average molecular weight is 185 g/mol. The lowest BCUT2D eigenvalue weighted by Crippen LogP contribution is -2.18. The Morgan fingerprint density at radius 3 is 3.00 bits per heavy atom. The van der Waals surface area contributed by atoms with Gasteiger partial charge in [0.25, 0.3) is 0 Å². The van der Waals surface area contributed by atoms with Crippen LogP contribution in [-0.4, -0.2) is 29.5 Å². The van der Waals surface area contributed by atoms with E-state index in [4.69, 9.17) is 0 Å². The van der Waals surface area contributed by atoms with E-state index in [9.17, 15) is 4.39 Å². The van der Waals surface area contributed by atoms with Gasteiger partial charge >= 0.3 is 0 Å². The Hall–Kier alpha value is -0.900. The van der Waals surface area contributed by atoms with Crippen molar-refractivity contribution < 1.29 is 4.39 Å². The molecule has 1 N–H and O–H groups in total. The number of hydrogen-bond acceptors (Lipinski definition) is 2. The highest BCUT2D eigenvalue weighted by atomic mass is 19.1. The maximum absolute atomic E-state index is 11.7. The first-order valence-corrected chi connectivity index (χ1v) is 4.57. The third-order valence-electron chi connectivity index (χ3n) is 1.84. The van der Waals surface area contributed by atoms with Gasteiger partial charge in [0.15, 0.2) is 0 Å². The molecule has 0 aromatic carbocycles. The summed E-state index contributed by atoms with van der Waals surface area (Å²) in [6.45, 7) is 1.42. The van der Waals surface area contributed by atoms with Gasteiger partial charge in [-0.15, -0.1) is 0 Å². The van der Waals surface area contributed by atoms with Gasteiger partial charge in [0, 0.05) is 13.2 Å². The van der Waals surface area contributed by atoms with Gasteiger partial charge in [-0.25, -0.2) is 0 Å². The van der Waals surface area contributed by atoms with Gasteiger partial charge < -0.3 is 5.32 Å². The standard InChI is InChI=1S/C9H16FN3/c1-13-8-9(7-12-13)3-6-11-5-2-4-10/h7-8,11H,2-6H2,1H3. The maximum atomic E-state index is 11.7. The van der Waals surface area contributed by atoms with Crippen molar-refractivity contribution in [3.63, 3.8) is 0 Å². The van der Waals surface area contributed by atoms with Crippen LogP contribution in [0.3, 0.4) is 0 Å². The molecule has 0 aliphatic rings. The molecule has 0 atom stereocenters. The van der Waals surface area contributed by atoms with E-state index < -0.39 is 0 Å². The Balaban J connectivity index is 2.06. The molecule has 1 rings (SSSR count). The molecule has 3 nitrogen and oxygen atoms in total. The van der Waals surface area contributed by atoms with Crippen molar-refractivity contribution in [2.24, 2.45) is 7.05 Å². The molecule has 0 aliphatic carbocycles. The molecule has 74 valence electrons. The fourth-order valence-corrected chi connectivity index (χ4v) is 1.15. The Labute approximate surface area is 77.9 Å². The fraction of sp³-hybridized carbons (Fsp3) is 0.667. The summed E-state index contributed by atoms with van der Waals surface area (Å²) in [5, 5.41) is 7.23. The second kappa shape index (κ2) is 5.70. The van der Waals surface area contributed by atoms with Crippen LogP contribution in [0, 0.1) is 0 Å². The van der Waals surface area contributed by atoms with Crippen molar-refractivity contribution in [3.05, 3.63) is 18.0 Å². The second-order valence-corrected chi connectivity index (χ2v) is 3.06. The number of nitrogens with zero attached hydrogens (tertiary/aromatic N) is 2. The van der Waals surface area contributed by atoms with Crippen LogP contribution in [-0.2, 0) is 13.5 Å². The summed E-state index contributed by atoms with van der Waals surface area (Å²) in [7, 11) is 1.90. The van der Waals surface area contributed by atoms with Crippen LogP contribution in [0.4, 0.5) is 4.39 Å². The molecule has 13 heavy (non-hydrogen) atoms. The monoisotopic (exact) mass is 185 g/mol. The first-order valence-electron chi connectivity index (χ1n) is 4.57. The molecule has 0 aliphatic heterocycles.